The van der Waals surface area contributed by atoms with Gasteiger partial charge in [-0.2, -0.15) is 4.39 Å². The van der Waals surface area contributed by atoms with Gasteiger partial charge in [-0.05, 0) is 0 Å². The van der Waals surface area contributed by atoms with Crippen molar-refractivity contribution in [3.8, 4) is 0 Å². The fourth-order valence-electron chi connectivity index (χ4n) is 0.650. The van der Waals surface area contributed by atoms with Crippen LogP contribution in [0.2, 0.25) is 0 Å². The smallest absolute Gasteiger partial charge is 0.304 e. The highest BCUT2D eigenvalue weighted by Gasteiger charge is 2.25. The summed E-state index contributed by atoms with van der Waals surface area (Å²) in [6.45, 7) is -0.765. The molecule has 80 valence electrons. The first-order valence-corrected chi connectivity index (χ1v) is 3.32. The van der Waals surface area contributed by atoms with E-state index in [1.54, 1.807) is 0 Å². The summed E-state index contributed by atoms with van der Waals surface area (Å²) in [6, 6.07) is -1.79. The van der Waals surface area contributed by atoms with Gasteiger partial charge in [-0.15, -0.1) is 0 Å². The topological polar surface area (TPSA) is 129 Å². The van der Waals surface area contributed by atoms with Crippen LogP contribution in [0.25, 0.3) is 0 Å². The summed E-state index contributed by atoms with van der Waals surface area (Å²) in [6.07, 6.45) is -5.86. The van der Waals surface area contributed by atoms with E-state index >= 15 is 0 Å². The highest BCUT2D eigenvalue weighted by atomic mass is 19.1. The molecule has 0 radical (unpaired) electrons. The van der Waals surface area contributed by atoms with E-state index in [1.165, 1.54) is 0 Å². The molecule has 0 aromatic rings. The third-order valence-electron chi connectivity index (χ3n) is 1.35. The van der Waals surface area contributed by atoms with Crippen molar-refractivity contribution >= 4 is 6.04 Å². The van der Waals surface area contributed by atoms with Crippen molar-refractivity contribution in [3.63, 3.8) is 0 Å². The second-order valence-electron chi connectivity index (χ2n) is 2.37. The molecule has 13 heavy (non-hydrogen) atoms. The van der Waals surface area contributed by atoms with Crippen LogP contribution in [0, 0.1) is 0 Å². The maximum absolute atomic E-state index is 11.6. The predicted molar refractivity (Wildman–Crippen MR) is 39.5 cm³/mol. The van der Waals surface area contributed by atoms with E-state index in [0.29, 0.717) is 0 Å². The molecule has 0 spiro atoms. The van der Waals surface area contributed by atoms with Crippen LogP contribution in [0.4, 0.5) is 4.39 Å². The van der Waals surface area contributed by atoms with Crippen LogP contribution in [0.1, 0.15) is 6.42 Å². The summed E-state index contributed by atoms with van der Waals surface area (Å²) < 4.78 is 11.6. The van der Waals surface area contributed by atoms with Gasteiger partial charge >= 0.3 is 6.04 Å². The van der Waals surface area contributed by atoms with Gasteiger partial charge in [0, 0.05) is 0 Å². The van der Waals surface area contributed by atoms with Crippen LogP contribution >= 0.6 is 0 Å². The Balaban J connectivity index is 0. The van der Waals surface area contributed by atoms with Crippen LogP contribution in [0.3, 0.4) is 0 Å². The first kappa shape index (κ1) is 14.9. The lowest BCUT2D eigenvalue weighted by molar-refractivity contribution is -0.136. The van der Waals surface area contributed by atoms with Crippen LogP contribution in [0.15, 0.2) is 0 Å². The summed E-state index contributed by atoms with van der Waals surface area (Å²) in [5.41, 5.74) is 0. The molecule has 0 fully saturated rings. The van der Waals surface area contributed by atoms with Crippen LogP contribution in [-0.2, 0) is 4.79 Å². The number of aliphatic hydroxyl groups excluding tert-OH is 4. The van der Waals surface area contributed by atoms with Crippen molar-refractivity contribution in [2.45, 2.75) is 24.7 Å². The maximum atomic E-state index is 11.6. The van der Waals surface area contributed by atoms with E-state index in [0.717, 1.165) is 0 Å². The highest BCUT2D eigenvalue weighted by Crippen LogP contribution is 2.04. The van der Waals surface area contributed by atoms with Crippen LogP contribution in [0.5, 0.6) is 0 Å². The molecule has 0 aliphatic heterocycles. The Kier molecular flexibility index (Phi) is 7.87. The molecule has 0 rings (SSSR count). The largest absolute Gasteiger partial charge is 0.412 e. The Hall–Kier alpha value is -0.600. The second-order valence-corrected chi connectivity index (χ2v) is 2.37. The first-order valence-electron chi connectivity index (χ1n) is 3.32. The average molecular weight is 200 g/mol. The van der Waals surface area contributed by atoms with Crippen molar-refractivity contribution in [2.24, 2.45) is 0 Å². The number of halogens is 1. The van der Waals surface area contributed by atoms with Gasteiger partial charge in [-0.25, -0.2) is 0 Å². The van der Waals surface area contributed by atoms with Gasteiger partial charge in [0.15, 0.2) is 0 Å². The van der Waals surface area contributed by atoms with E-state index in [2.05, 4.69) is 0 Å². The van der Waals surface area contributed by atoms with Gasteiger partial charge < -0.3 is 25.9 Å². The highest BCUT2D eigenvalue weighted by molar-refractivity contribution is 5.68. The Morgan fingerprint density at radius 2 is 1.69 bits per heavy atom. The van der Waals surface area contributed by atoms with Gasteiger partial charge in [-0.1, -0.05) is 0 Å². The molecule has 0 saturated carbocycles. The van der Waals surface area contributed by atoms with E-state index in [4.69, 9.17) is 20.4 Å². The zero-order chi connectivity index (χ0) is 9.72. The van der Waals surface area contributed by atoms with E-state index in [-0.39, 0.29) is 5.48 Å². The summed E-state index contributed by atoms with van der Waals surface area (Å²) in [5.74, 6) is 0. The first-order chi connectivity index (χ1) is 5.49. The zero-order valence-electron chi connectivity index (χ0n) is 6.72. The van der Waals surface area contributed by atoms with Crippen molar-refractivity contribution in [2.75, 3.05) is 6.61 Å². The van der Waals surface area contributed by atoms with Crippen molar-refractivity contribution in [1.82, 2.24) is 0 Å². The number of aliphatic hydroxyl groups is 4. The van der Waals surface area contributed by atoms with Crippen molar-refractivity contribution in [1.29, 1.82) is 0 Å². The van der Waals surface area contributed by atoms with E-state index < -0.39 is 37.4 Å². The van der Waals surface area contributed by atoms with Gasteiger partial charge in [0.05, 0.1) is 19.1 Å². The molecule has 0 aliphatic rings. The molecule has 0 saturated heterocycles. The number of carbonyl (C=O) groups is 1. The van der Waals surface area contributed by atoms with Crippen molar-refractivity contribution in [3.05, 3.63) is 0 Å². The minimum absolute atomic E-state index is 0. The lowest BCUT2D eigenvalue weighted by atomic mass is 10.1. The molecule has 0 heterocycles. The Labute approximate surface area is 73.5 Å². The number of carbonyl (C=O) groups excluding carboxylic acids is 1. The molecule has 0 aliphatic carbocycles. The number of hydrogen-bond acceptors (Lipinski definition) is 5. The SMILES string of the molecule is O.O=C(F)C[C@@H](O)[C@H](O)[C@H](O)CO. The third kappa shape index (κ3) is 5.61. The summed E-state index contributed by atoms with van der Waals surface area (Å²) in [4.78, 5) is 9.79. The molecular weight excluding hydrogens is 187 g/mol. The number of rotatable bonds is 5. The summed E-state index contributed by atoms with van der Waals surface area (Å²) in [5, 5.41) is 34.7. The Morgan fingerprint density at radius 3 is 2.00 bits per heavy atom. The quantitative estimate of drug-likeness (QED) is 0.354. The van der Waals surface area contributed by atoms with Gasteiger partial charge in [0.25, 0.3) is 0 Å². The molecule has 0 bridgehead atoms. The normalized spacial score (nSPS) is 17.0. The minimum atomic E-state index is -1.79. The molecule has 3 atom stereocenters. The average Bonchev–Trinajstić information content (AvgIpc) is 2.00. The van der Waals surface area contributed by atoms with Gasteiger partial charge in [0.2, 0.25) is 0 Å². The van der Waals surface area contributed by atoms with Gasteiger partial charge in [-0.3, -0.25) is 4.79 Å². The molecule has 0 aromatic carbocycles. The van der Waals surface area contributed by atoms with E-state index in [1.807, 2.05) is 0 Å². The molecular formula is C6H13FO6. The maximum Gasteiger partial charge on any atom is 0.304 e. The van der Waals surface area contributed by atoms with Gasteiger partial charge in [0.1, 0.15) is 12.2 Å². The fraction of sp³-hybridized carbons (Fsp3) is 0.833. The molecule has 0 aromatic heterocycles. The summed E-state index contributed by atoms with van der Waals surface area (Å²) >= 11 is 0. The van der Waals surface area contributed by atoms with Crippen LogP contribution in [-0.4, -0.2) is 56.9 Å². The summed E-state index contributed by atoms with van der Waals surface area (Å²) in [7, 11) is 0. The lowest BCUT2D eigenvalue weighted by Gasteiger charge is -2.19. The molecule has 6 N–H and O–H groups in total. The molecule has 0 unspecified atom stereocenters. The Morgan fingerprint density at radius 1 is 1.23 bits per heavy atom. The minimum Gasteiger partial charge on any atom is -0.412 e. The lowest BCUT2D eigenvalue weighted by Crippen LogP contribution is -2.40. The zero-order valence-corrected chi connectivity index (χ0v) is 6.72. The molecule has 6 nitrogen and oxygen atoms in total. The third-order valence-corrected chi connectivity index (χ3v) is 1.35. The fourth-order valence-corrected chi connectivity index (χ4v) is 0.650. The number of hydrogen-bond donors (Lipinski definition) is 4. The van der Waals surface area contributed by atoms with Crippen LogP contribution < -0.4 is 0 Å². The molecule has 0 amide bonds. The monoisotopic (exact) mass is 200 g/mol. The predicted octanol–water partition coefficient (Wildman–Crippen LogP) is -2.88. The molecule has 7 heteroatoms. The van der Waals surface area contributed by atoms with Crippen molar-refractivity contribution < 1.29 is 35.1 Å². The Bertz CT molecular complexity index is 152. The standard InChI is InChI=1S/C6H11FO5.H2O/c7-5(11)1-3(9)6(12)4(10)2-8;/h3-4,6,8-10,12H,1-2H2;1H2/t3-,4-,6+;/m1./s1. The van der Waals surface area contributed by atoms with E-state index in [9.17, 15) is 9.18 Å². The second kappa shape index (κ2) is 6.87.